The Bertz CT molecular complexity index is 170. The van der Waals surface area contributed by atoms with Crippen LogP contribution in [0.3, 0.4) is 0 Å². The Balaban J connectivity index is 2.77. The molecule has 0 amide bonds. The van der Waals surface area contributed by atoms with E-state index in [2.05, 4.69) is 54.1 Å². The lowest BCUT2D eigenvalue weighted by molar-refractivity contribution is 0.375. The summed E-state index contributed by atoms with van der Waals surface area (Å²) < 4.78 is 0. The predicted octanol–water partition coefficient (Wildman–Crippen LogP) is 3.15. The highest BCUT2D eigenvalue weighted by molar-refractivity contribution is 9.09. The second kappa shape index (κ2) is 2.91. The molecule has 1 aliphatic carbocycles. The van der Waals surface area contributed by atoms with Crippen molar-refractivity contribution >= 4 is 15.9 Å². The zero-order chi connectivity index (χ0) is 7.61. The third-order valence-electron chi connectivity index (χ3n) is 2.32. The van der Waals surface area contributed by atoms with Gasteiger partial charge in [0.15, 0.2) is 0 Å². The second-order valence-electron chi connectivity index (χ2n) is 3.17. The highest BCUT2D eigenvalue weighted by Gasteiger charge is 2.26. The van der Waals surface area contributed by atoms with Crippen LogP contribution in [-0.2, 0) is 0 Å². The molecule has 0 radical (unpaired) electrons. The number of hydrogen-bond acceptors (Lipinski definition) is 0. The Morgan fingerprint density at radius 3 is 2.60 bits per heavy atom. The van der Waals surface area contributed by atoms with Crippen LogP contribution in [0.5, 0.6) is 0 Å². The summed E-state index contributed by atoms with van der Waals surface area (Å²) in [6, 6.07) is 0. The average molecular weight is 201 g/mol. The number of rotatable bonds is 1. The quantitative estimate of drug-likeness (QED) is 0.571. The summed E-state index contributed by atoms with van der Waals surface area (Å²) in [7, 11) is 0. The molecule has 0 bridgehead atoms. The van der Waals surface area contributed by atoms with Gasteiger partial charge >= 0.3 is 0 Å². The van der Waals surface area contributed by atoms with E-state index in [0.717, 1.165) is 5.33 Å². The van der Waals surface area contributed by atoms with E-state index in [1.165, 1.54) is 0 Å². The van der Waals surface area contributed by atoms with Gasteiger partial charge in [-0.2, -0.15) is 0 Å². The molecule has 2 unspecified atom stereocenters. The molecule has 0 heterocycles. The maximum Gasteiger partial charge on any atom is 0.0126 e. The summed E-state index contributed by atoms with van der Waals surface area (Å²) in [5, 5.41) is 1.04. The summed E-state index contributed by atoms with van der Waals surface area (Å²) in [4.78, 5) is 0. The molecule has 0 fully saturated rings. The van der Waals surface area contributed by atoms with E-state index in [9.17, 15) is 0 Å². The topological polar surface area (TPSA) is 0 Å². The fourth-order valence-electron chi connectivity index (χ4n) is 1.04. The van der Waals surface area contributed by atoms with Gasteiger partial charge < -0.3 is 0 Å². The first-order valence-corrected chi connectivity index (χ1v) is 4.73. The first-order valence-electron chi connectivity index (χ1n) is 3.61. The minimum absolute atomic E-state index is 0.328. The van der Waals surface area contributed by atoms with E-state index in [-0.39, 0.29) is 0 Å². The molecule has 0 aromatic rings. The smallest absolute Gasteiger partial charge is 0.0126 e. The van der Waals surface area contributed by atoms with Crippen molar-refractivity contribution in [3.63, 3.8) is 0 Å². The van der Waals surface area contributed by atoms with Crippen molar-refractivity contribution in [3.05, 3.63) is 24.3 Å². The molecule has 0 aliphatic heterocycles. The van der Waals surface area contributed by atoms with Gasteiger partial charge in [0.2, 0.25) is 0 Å². The van der Waals surface area contributed by atoms with Gasteiger partial charge in [0.25, 0.3) is 0 Å². The maximum atomic E-state index is 3.52. The van der Waals surface area contributed by atoms with Crippen LogP contribution in [0.2, 0.25) is 0 Å². The Kier molecular flexibility index (Phi) is 2.35. The monoisotopic (exact) mass is 200 g/mol. The van der Waals surface area contributed by atoms with Crippen LogP contribution in [-0.4, -0.2) is 5.33 Å². The molecule has 0 nitrogen and oxygen atoms in total. The van der Waals surface area contributed by atoms with Crippen LogP contribution in [0.4, 0.5) is 0 Å². The van der Waals surface area contributed by atoms with Crippen LogP contribution >= 0.6 is 15.9 Å². The van der Waals surface area contributed by atoms with Crippen LogP contribution in [0.1, 0.15) is 13.8 Å². The van der Waals surface area contributed by atoms with Crippen LogP contribution in [0, 0.1) is 11.3 Å². The normalized spacial score (nSPS) is 38.5. The Morgan fingerprint density at radius 1 is 1.50 bits per heavy atom. The van der Waals surface area contributed by atoms with Crippen molar-refractivity contribution in [3.8, 4) is 0 Å². The lowest BCUT2D eigenvalue weighted by Crippen LogP contribution is -2.24. The summed E-state index contributed by atoms with van der Waals surface area (Å²) in [6.07, 6.45) is 8.77. The van der Waals surface area contributed by atoms with E-state index in [0.29, 0.717) is 11.3 Å². The van der Waals surface area contributed by atoms with Gasteiger partial charge in [-0.1, -0.05) is 54.1 Å². The van der Waals surface area contributed by atoms with Crippen LogP contribution < -0.4 is 0 Å². The first kappa shape index (κ1) is 8.06. The number of halogens is 1. The van der Waals surface area contributed by atoms with Crippen molar-refractivity contribution in [2.45, 2.75) is 13.8 Å². The molecular formula is C9H13Br. The summed E-state index contributed by atoms with van der Waals surface area (Å²) in [6.45, 7) is 4.52. The lowest BCUT2D eigenvalue weighted by Gasteiger charge is -2.30. The Morgan fingerprint density at radius 2 is 2.20 bits per heavy atom. The minimum Gasteiger partial charge on any atom is -0.0919 e. The third kappa shape index (κ3) is 1.34. The highest BCUT2D eigenvalue weighted by Crippen LogP contribution is 2.34. The second-order valence-corrected chi connectivity index (χ2v) is 3.73. The van der Waals surface area contributed by atoms with Gasteiger partial charge in [0, 0.05) is 10.7 Å². The third-order valence-corrected chi connectivity index (χ3v) is 3.52. The number of allylic oxidation sites excluding steroid dienone is 4. The van der Waals surface area contributed by atoms with Crippen molar-refractivity contribution in [1.29, 1.82) is 0 Å². The van der Waals surface area contributed by atoms with Crippen molar-refractivity contribution < 1.29 is 0 Å². The molecule has 0 spiro atoms. The van der Waals surface area contributed by atoms with Gasteiger partial charge in [-0.25, -0.2) is 0 Å². The minimum atomic E-state index is 0.328. The van der Waals surface area contributed by atoms with E-state index < -0.39 is 0 Å². The zero-order valence-corrected chi connectivity index (χ0v) is 8.06. The highest BCUT2D eigenvalue weighted by atomic mass is 79.9. The van der Waals surface area contributed by atoms with Gasteiger partial charge in [-0.15, -0.1) is 0 Å². The Labute approximate surface area is 71.1 Å². The van der Waals surface area contributed by atoms with Crippen LogP contribution in [0.15, 0.2) is 24.3 Å². The van der Waals surface area contributed by atoms with Crippen molar-refractivity contribution in [2.75, 3.05) is 5.33 Å². The van der Waals surface area contributed by atoms with E-state index >= 15 is 0 Å². The van der Waals surface area contributed by atoms with Crippen molar-refractivity contribution in [1.82, 2.24) is 0 Å². The molecule has 0 aromatic carbocycles. The van der Waals surface area contributed by atoms with Crippen LogP contribution in [0.25, 0.3) is 0 Å². The summed E-state index contributed by atoms with van der Waals surface area (Å²) in [5.41, 5.74) is 0.328. The molecule has 1 heteroatoms. The molecule has 0 aromatic heterocycles. The Hall–Kier alpha value is -0.0400. The standard InChI is InChI=1S/C9H13Br/c1-8-5-3-4-6-9(8,2)7-10/h3-6,8H,7H2,1-2H3. The van der Waals surface area contributed by atoms with E-state index in [1.807, 2.05) is 0 Å². The molecular weight excluding hydrogens is 188 g/mol. The molecule has 2 atom stereocenters. The average Bonchev–Trinajstić information content (AvgIpc) is 1.96. The van der Waals surface area contributed by atoms with Gasteiger partial charge in [-0.3, -0.25) is 0 Å². The van der Waals surface area contributed by atoms with E-state index in [1.54, 1.807) is 0 Å². The maximum absolute atomic E-state index is 3.52. The van der Waals surface area contributed by atoms with Gasteiger partial charge in [0.1, 0.15) is 0 Å². The largest absolute Gasteiger partial charge is 0.0919 e. The molecule has 0 saturated heterocycles. The fourth-order valence-corrected chi connectivity index (χ4v) is 1.74. The fraction of sp³-hybridized carbons (Fsp3) is 0.556. The molecule has 1 rings (SSSR count). The summed E-state index contributed by atoms with van der Waals surface area (Å²) >= 11 is 3.52. The van der Waals surface area contributed by atoms with Crippen molar-refractivity contribution in [2.24, 2.45) is 11.3 Å². The predicted molar refractivity (Wildman–Crippen MR) is 49.3 cm³/mol. The number of hydrogen-bond donors (Lipinski definition) is 0. The SMILES string of the molecule is CC1C=CC=CC1(C)CBr. The lowest BCUT2D eigenvalue weighted by atomic mass is 9.77. The van der Waals surface area contributed by atoms with Gasteiger partial charge in [-0.05, 0) is 5.92 Å². The number of alkyl halides is 1. The molecule has 0 saturated carbocycles. The molecule has 0 N–H and O–H groups in total. The molecule has 10 heavy (non-hydrogen) atoms. The molecule has 1 aliphatic rings. The van der Waals surface area contributed by atoms with Gasteiger partial charge in [0.05, 0.1) is 0 Å². The molecule has 56 valence electrons. The van der Waals surface area contributed by atoms with E-state index in [4.69, 9.17) is 0 Å². The summed E-state index contributed by atoms with van der Waals surface area (Å²) in [5.74, 6) is 0.650. The zero-order valence-electron chi connectivity index (χ0n) is 6.47. The first-order chi connectivity index (χ1) is 4.69.